The first-order chi connectivity index (χ1) is 15.3. The summed E-state index contributed by atoms with van der Waals surface area (Å²) in [7, 11) is 0. The molecular formula is C24H27N7. The summed E-state index contributed by atoms with van der Waals surface area (Å²) in [5.41, 5.74) is 7.02. The lowest BCUT2D eigenvalue weighted by Gasteiger charge is -2.27. The molecule has 3 heterocycles. The van der Waals surface area contributed by atoms with Gasteiger partial charge in [-0.2, -0.15) is 0 Å². The molecule has 1 saturated carbocycles. The van der Waals surface area contributed by atoms with Crippen molar-refractivity contribution in [1.82, 2.24) is 30.2 Å². The number of tetrazole rings is 1. The Kier molecular flexibility index (Phi) is 4.47. The SMILES string of the molecule is CC1CCc2cc(-c3nc4cc(-c5nnn[nH]5)ccc4n3C3CCCCC3)ccc2N1. The Labute approximate surface area is 181 Å². The highest BCUT2D eigenvalue weighted by molar-refractivity contribution is 5.85. The number of hydrogen-bond acceptors (Lipinski definition) is 5. The molecule has 1 fully saturated rings. The van der Waals surface area contributed by atoms with E-state index in [1.54, 1.807) is 0 Å². The number of nitrogens with one attached hydrogen (secondary N) is 2. The number of nitrogens with zero attached hydrogens (tertiary/aromatic N) is 5. The number of imidazole rings is 1. The fraction of sp³-hybridized carbons (Fsp3) is 0.417. The van der Waals surface area contributed by atoms with E-state index in [2.05, 4.69) is 73.8 Å². The number of fused-ring (bicyclic) bond motifs is 2. The lowest BCUT2D eigenvalue weighted by atomic mass is 9.94. The highest BCUT2D eigenvalue weighted by Crippen LogP contribution is 2.38. The highest BCUT2D eigenvalue weighted by atomic mass is 15.5. The number of benzene rings is 2. The van der Waals surface area contributed by atoms with Crippen molar-refractivity contribution in [2.45, 2.75) is 64.0 Å². The first-order valence-corrected chi connectivity index (χ1v) is 11.4. The summed E-state index contributed by atoms with van der Waals surface area (Å²) in [6, 6.07) is 14.2. The molecule has 31 heavy (non-hydrogen) atoms. The first-order valence-electron chi connectivity index (χ1n) is 11.4. The van der Waals surface area contributed by atoms with Gasteiger partial charge in [-0.25, -0.2) is 10.1 Å². The number of aromatic nitrogens is 6. The maximum absolute atomic E-state index is 5.15. The van der Waals surface area contributed by atoms with E-state index in [9.17, 15) is 0 Å². The fourth-order valence-electron chi connectivity index (χ4n) is 5.23. The lowest BCUT2D eigenvalue weighted by Crippen LogP contribution is -2.21. The standard InChI is InChI=1S/C24H27N7/c1-15-7-8-16-13-18(9-11-20(16)25-15)24-26-21-14-17(23-27-29-30-28-23)10-12-22(21)31(24)19-5-3-2-4-6-19/h9-15,19,25H,2-8H2,1H3,(H,27,28,29,30). The van der Waals surface area contributed by atoms with Crippen LogP contribution in [-0.4, -0.2) is 36.2 Å². The molecular weight excluding hydrogens is 386 g/mol. The smallest absolute Gasteiger partial charge is 0.179 e. The zero-order chi connectivity index (χ0) is 20.8. The van der Waals surface area contributed by atoms with Gasteiger partial charge in [-0.3, -0.25) is 0 Å². The van der Waals surface area contributed by atoms with Gasteiger partial charge in [0.25, 0.3) is 0 Å². The predicted molar refractivity (Wildman–Crippen MR) is 122 cm³/mol. The van der Waals surface area contributed by atoms with E-state index >= 15 is 0 Å². The molecule has 1 atom stereocenters. The van der Waals surface area contributed by atoms with Gasteiger partial charge in [-0.05, 0) is 85.0 Å². The van der Waals surface area contributed by atoms with Crippen molar-refractivity contribution in [3.05, 3.63) is 42.0 Å². The van der Waals surface area contributed by atoms with Crippen LogP contribution in [0.5, 0.6) is 0 Å². The van der Waals surface area contributed by atoms with Gasteiger partial charge in [0.15, 0.2) is 5.82 Å². The summed E-state index contributed by atoms with van der Waals surface area (Å²) >= 11 is 0. The number of aryl methyl sites for hydroxylation is 1. The predicted octanol–water partition coefficient (Wildman–Crippen LogP) is 5.14. The molecule has 0 amide bonds. The Morgan fingerprint density at radius 1 is 0.968 bits per heavy atom. The van der Waals surface area contributed by atoms with Crippen LogP contribution >= 0.6 is 0 Å². The number of rotatable bonds is 3. The number of H-pyrrole nitrogens is 1. The van der Waals surface area contributed by atoms with Crippen LogP contribution in [0.3, 0.4) is 0 Å². The quantitative estimate of drug-likeness (QED) is 0.486. The summed E-state index contributed by atoms with van der Waals surface area (Å²) in [5, 5.41) is 18.0. The average Bonchev–Trinajstić information content (AvgIpc) is 3.47. The average molecular weight is 414 g/mol. The van der Waals surface area contributed by atoms with Crippen molar-refractivity contribution in [3.8, 4) is 22.8 Å². The normalized spacial score (nSPS) is 19.3. The summed E-state index contributed by atoms with van der Waals surface area (Å²) in [6.07, 6.45) is 8.64. The van der Waals surface area contributed by atoms with Crippen LogP contribution in [0.25, 0.3) is 33.8 Å². The molecule has 0 spiro atoms. The van der Waals surface area contributed by atoms with E-state index in [-0.39, 0.29) is 0 Å². The molecule has 7 nitrogen and oxygen atoms in total. The second kappa shape index (κ2) is 7.48. The van der Waals surface area contributed by atoms with Gasteiger partial charge < -0.3 is 9.88 Å². The van der Waals surface area contributed by atoms with Gasteiger partial charge in [-0.15, -0.1) is 5.10 Å². The van der Waals surface area contributed by atoms with Crippen molar-refractivity contribution in [1.29, 1.82) is 0 Å². The molecule has 6 rings (SSSR count). The number of aromatic amines is 1. The van der Waals surface area contributed by atoms with Crippen LogP contribution in [0.2, 0.25) is 0 Å². The van der Waals surface area contributed by atoms with E-state index in [0.717, 1.165) is 23.3 Å². The van der Waals surface area contributed by atoms with Crippen molar-refractivity contribution in [2.24, 2.45) is 0 Å². The van der Waals surface area contributed by atoms with Crippen molar-refractivity contribution < 1.29 is 0 Å². The summed E-state index contributed by atoms with van der Waals surface area (Å²) < 4.78 is 2.50. The Hall–Kier alpha value is -3.22. The second-order valence-corrected chi connectivity index (χ2v) is 9.01. The molecule has 0 radical (unpaired) electrons. The number of anilines is 1. The summed E-state index contributed by atoms with van der Waals surface area (Å²) in [6.45, 7) is 2.25. The minimum absolute atomic E-state index is 0.501. The third-order valence-electron chi connectivity index (χ3n) is 6.86. The van der Waals surface area contributed by atoms with Crippen LogP contribution in [0.1, 0.15) is 57.1 Å². The molecule has 2 aromatic heterocycles. The topological polar surface area (TPSA) is 84.3 Å². The van der Waals surface area contributed by atoms with Crippen LogP contribution in [-0.2, 0) is 6.42 Å². The Morgan fingerprint density at radius 3 is 2.68 bits per heavy atom. The molecule has 2 aliphatic rings. The third-order valence-corrected chi connectivity index (χ3v) is 6.86. The monoisotopic (exact) mass is 413 g/mol. The van der Waals surface area contributed by atoms with E-state index in [1.165, 1.54) is 60.9 Å². The van der Waals surface area contributed by atoms with Crippen LogP contribution in [0.4, 0.5) is 5.69 Å². The molecule has 4 aromatic rings. The summed E-state index contributed by atoms with van der Waals surface area (Å²) in [5.74, 6) is 1.75. The van der Waals surface area contributed by atoms with Crippen molar-refractivity contribution >= 4 is 16.7 Å². The zero-order valence-corrected chi connectivity index (χ0v) is 17.8. The van der Waals surface area contributed by atoms with Gasteiger partial charge in [0.2, 0.25) is 0 Å². The Morgan fingerprint density at radius 2 is 1.84 bits per heavy atom. The van der Waals surface area contributed by atoms with Crippen LogP contribution in [0, 0.1) is 0 Å². The maximum atomic E-state index is 5.15. The third kappa shape index (κ3) is 3.28. The molecule has 1 aliphatic carbocycles. The molecule has 0 saturated heterocycles. The van der Waals surface area contributed by atoms with Gasteiger partial charge >= 0.3 is 0 Å². The van der Waals surface area contributed by atoms with Crippen molar-refractivity contribution in [2.75, 3.05) is 5.32 Å². The van der Waals surface area contributed by atoms with Gasteiger partial charge in [0.1, 0.15) is 5.82 Å². The second-order valence-electron chi connectivity index (χ2n) is 9.01. The van der Waals surface area contributed by atoms with Crippen LogP contribution < -0.4 is 5.32 Å². The minimum atomic E-state index is 0.501. The fourth-order valence-corrected chi connectivity index (χ4v) is 5.23. The molecule has 2 N–H and O–H groups in total. The largest absolute Gasteiger partial charge is 0.382 e. The number of hydrogen-bond donors (Lipinski definition) is 2. The Bertz CT molecular complexity index is 1220. The lowest BCUT2D eigenvalue weighted by molar-refractivity contribution is 0.362. The molecule has 1 aliphatic heterocycles. The van der Waals surface area contributed by atoms with E-state index in [1.807, 2.05) is 0 Å². The van der Waals surface area contributed by atoms with E-state index < -0.39 is 0 Å². The van der Waals surface area contributed by atoms with Gasteiger partial charge in [0, 0.05) is 28.9 Å². The van der Waals surface area contributed by atoms with E-state index in [4.69, 9.17) is 4.98 Å². The highest BCUT2D eigenvalue weighted by Gasteiger charge is 2.24. The van der Waals surface area contributed by atoms with Gasteiger partial charge in [-0.1, -0.05) is 19.3 Å². The van der Waals surface area contributed by atoms with Crippen molar-refractivity contribution in [3.63, 3.8) is 0 Å². The van der Waals surface area contributed by atoms with E-state index in [0.29, 0.717) is 17.9 Å². The molecule has 0 bridgehead atoms. The molecule has 1 unspecified atom stereocenters. The molecule has 7 heteroatoms. The maximum Gasteiger partial charge on any atom is 0.179 e. The van der Waals surface area contributed by atoms with Gasteiger partial charge in [0.05, 0.1) is 11.0 Å². The zero-order valence-electron chi connectivity index (χ0n) is 17.8. The minimum Gasteiger partial charge on any atom is -0.382 e. The first kappa shape index (κ1) is 18.5. The summed E-state index contributed by atoms with van der Waals surface area (Å²) in [4.78, 5) is 5.15. The Balaban J connectivity index is 1.50. The van der Waals surface area contributed by atoms with Crippen LogP contribution in [0.15, 0.2) is 36.4 Å². The molecule has 158 valence electrons. The molecule has 2 aromatic carbocycles.